The van der Waals surface area contributed by atoms with Gasteiger partial charge < -0.3 is 19.1 Å². The topological polar surface area (TPSA) is 81.2 Å². The molecule has 1 fully saturated rings. The molecule has 1 saturated heterocycles. The van der Waals surface area contributed by atoms with Crippen molar-refractivity contribution in [1.82, 2.24) is 9.88 Å². The molecule has 0 aliphatic carbocycles. The standard InChI is InChI=1S/C23H31N3O5/c1-14-12-25(13-15(2)26(14)22(28)31-23(3,4)5)18-10-8-17(21(27)30-7)20-16(18)9-11-19(24-20)29-6/h8-11,14-15H,12-13H2,1-7H3/t14-,15+. The summed E-state index contributed by atoms with van der Waals surface area (Å²) in [5, 5.41) is 0.828. The number of esters is 1. The number of ether oxygens (including phenoxy) is 3. The SMILES string of the molecule is COC(=O)c1ccc(N2C[C@@H](C)N(C(=O)OC(C)(C)C)[C@@H](C)C2)c2ccc(OC)nc12. The van der Waals surface area contributed by atoms with Crippen LogP contribution in [0.25, 0.3) is 10.9 Å². The summed E-state index contributed by atoms with van der Waals surface area (Å²) in [6, 6.07) is 7.20. The van der Waals surface area contributed by atoms with E-state index < -0.39 is 11.6 Å². The molecule has 0 unspecified atom stereocenters. The van der Waals surface area contributed by atoms with Crippen LogP contribution in [0.15, 0.2) is 24.3 Å². The molecule has 2 atom stereocenters. The lowest BCUT2D eigenvalue weighted by Crippen LogP contribution is -2.59. The van der Waals surface area contributed by atoms with Gasteiger partial charge in [0.1, 0.15) is 5.60 Å². The number of anilines is 1. The third-order valence-electron chi connectivity index (χ3n) is 5.29. The second-order valence-corrected chi connectivity index (χ2v) is 8.86. The van der Waals surface area contributed by atoms with E-state index in [2.05, 4.69) is 9.88 Å². The Morgan fingerprint density at radius 2 is 1.68 bits per heavy atom. The van der Waals surface area contributed by atoms with Crippen LogP contribution >= 0.6 is 0 Å². The Morgan fingerprint density at radius 3 is 2.23 bits per heavy atom. The van der Waals surface area contributed by atoms with Gasteiger partial charge in [0, 0.05) is 30.2 Å². The summed E-state index contributed by atoms with van der Waals surface area (Å²) in [6.45, 7) is 10.9. The molecule has 0 bridgehead atoms. The molecule has 2 heterocycles. The molecule has 8 heteroatoms. The third kappa shape index (κ3) is 4.68. The van der Waals surface area contributed by atoms with Crippen LogP contribution in [0, 0.1) is 0 Å². The Kier molecular flexibility index (Phi) is 6.29. The van der Waals surface area contributed by atoms with E-state index in [1.165, 1.54) is 14.2 Å². The van der Waals surface area contributed by atoms with Gasteiger partial charge in [-0.05, 0) is 52.8 Å². The fourth-order valence-corrected chi connectivity index (χ4v) is 4.04. The maximum atomic E-state index is 12.7. The highest BCUT2D eigenvalue weighted by Crippen LogP contribution is 2.33. The predicted molar refractivity (Wildman–Crippen MR) is 119 cm³/mol. The average molecular weight is 430 g/mol. The minimum Gasteiger partial charge on any atom is -0.481 e. The van der Waals surface area contributed by atoms with Gasteiger partial charge >= 0.3 is 12.1 Å². The highest BCUT2D eigenvalue weighted by atomic mass is 16.6. The van der Waals surface area contributed by atoms with Crippen molar-refractivity contribution in [2.45, 2.75) is 52.3 Å². The van der Waals surface area contributed by atoms with E-state index in [1.807, 2.05) is 46.8 Å². The van der Waals surface area contributed by atoms with Gasteiger partial charge in [-0.3, -0.25) is 4.90 Å². The highest BCUT2D eigenvalue weighted by Gasteiger charge is 2.36. The maximum Gasteiger partial charge on any atom is 0.410 e. The van der Waals surface area contributed by atoms with Crippen LogP contribution < -0.4 is 9.64 Å². The van der Waals surface area contributed by atoms with E-state index in [-0.39, 0.29) is 18.2 Å². The summed E-state index contributed by atoms with van der Waals surface area (Å²) in [6.07, 6.45) is -0.301. The van der Waals surface area contributed by atoms with Crippen LogP contribution in [-0.2, 0) is 9.47 Å². The first-order valence-corrected chi connectivity index (χ1v) is 10.4. The number of methoxy groups -OCH3 is 2. The number of carbonyl (C=O) groups is 2. The van der Waals surface area contributed by atoms with Crippen LogP contribution in [0.5, 0.6) is 5.88 Å². The fourth-order valence-electron chi connectivity index (χ4n) is 4.04. The number of pyridine rings is 1. The minimum absolute atomic E-state index is 0.0554. The number of amides is 1. The Hall–Kier alpha value is -3.03. The van der Waals surface area contributed by atoms with Crippen molar-refractivity contribution in [3.05, 3.63) is 29.8 Å². The number of carbonyl (C=O) groups excluding carboxylic acids is 2. The number of fused-ring (bicyclic) bond motifs is 1. The minimum atomic E-state index is -0.543. The molecule has 2 aromatic rings. The number of benzene rings is 1. The molecule has 1 aromatic carbocycles. The van der Waals surface area contributed by atoms with Crippen molar-refractivity contribution in [2.24, 2.45) is 0 Å². The third-order valence-corrected chi connectivity index (χ3v) is 5.29. The molecule has 31 heavy (non-hydrogen) atoms. The smallest absolute Gasteiger partial charge is 0.410 e. The van der Waals surface area contributed by atoms with Gasteiger partial charge in [0.05, 0.1) is 37.4 Å². The largest absolute Gasteiger partial charge is 0.481 e. The number of rotatable bonds is 3. The van der Waals surface area contributed by atoms with Gasteiger partial charge in [0.15, 0.2) is 0 Å². The molecule has 0 saturated carbocycles. The lowest BCUT2D eigenvalue weighted by molar-refractivity contribution is 0.00566. The van der Waals surface area contributed by atoms with Crippen LogP contribution in [0.2, 0.25) is 0 Å². The van der Waals surface area contributed by atoms with Gasteiger partial charge in [-0.2, -0.15) is 0 Å². The fraction of sp³-hybridized carbons (Fsp3) is 0.522. The Morgan fingerprint density at radius 1 is 1.03 bits per heavy atom. The van der Waals surface area contributed by atoms with Gasteiger partial charge in [0.2, 0.25) is 5.88 Å². The summed E-state index contributed by atoms with van der Waals surface area (Å²) in [4.78, 5) is 33.5. The number of hydrogen-bond acceptors (Lipinski definition) is 7. The molecule has 1 aliphatic rings. The van der Waals surface area contributed by atoms with E-state index in [9.17, 15) is 9.59 Å². The van der Waals surface area contributed by atoms with Crippen molar-refractivity contribution in [1.29, 1.82) is 0 Å². The molecular weight excluding hydrogens is 398 g/mol. The molecule has 168 valence electrons. The Bertz CT molecular complexity index is 973. The summed E-state index contributed by atoms with van der Waals surface area (Å²) in [5.41, 5.74) is 1.31. The molecule has 0 spiro atoms. The van der Waals surface area contributed by atoms with Crippen molar-refractivity contribution < 1.29 is 23.8 Å². The molecule has 1 amide bonds. The first-order chi connectivity index (χ1) is 14.6. The second-order valence-electron chi connectivity index (χ2n) is 8.86. The number of hydrogen-bond donors (Lipinski definition) is 0. The van der Waals surface area contributed by atoms with Crippen molar-refractivity contribution in [2.75, 3.05) is 32.2 Å². The van der Waals surface area contributed by atoms with Crippen LogP contribution in [0.1, 0.15) is 45.0 Å². The Labute approximate surface area is 183 Å². The lowest BCUT2D eigenvalue weighted by atomic mass is 10.0. The number of piperazine rings is 1. The van der Waals surface area contributed by atoms with E-state index in [0.717, 1.165) is 11.1 Å². The highest BCUT2D eigenvalue weighted by molar-refractivity contribution is 6.07. The molecule has 0 N–H and O–H groups in total. The number of aromatic nitrogens is 1. The zero-order valence-corrected chi connectivity index (χ0v) is 19.3. The van der Waals surface area contributed by atoms with Crippen molar-refractivity contribution >= 4 is 28.7 Å². The van der Waals surface area contributed by atoms with Gasteiger partial charge in [-0.1, -0.05) is 0 Å². The molecule has 1 aromatic heterocycles. The summed E-state index contributed by atoms with van der Waals surface area (Å²) >= 11 is 0. The van der Waals surface area contributed by atoms with E-state index >= 15 is 0 Å². The van der Waals surface area contributed by atoms with Crippen LogP contribution in [0.3, 0.4) is 0 Å². The normalized spacial score (nSPS) is 19.3. The first kappa shape index (κ1) is 22.7. The zero-order valence-electron chi connectivity index (χ0n) is 19.3. The van der Waals surface area contributed by atoms with E-state index in [0.29, 0.717) is 30.0 Å². The second kappa shape index (κ2) is 8.61. The quantitative estimate of drug-likeness (QED) is 0.685. The van der Waals surface area contributed by atoms with Gasteiger partial charge in [-0.15, -0.1) is 0 Å². The lowest BCUT2D eigenvalue weighted by Gasteiger charge is -2.45. The monoisotopic (exact) mass is 429 g/mol. The average Bonchev–Trinajstić information content (AvgIpc) is 2.70. The summed E-state index contributed by atoms with van der Waals surface area (Å²) in [5.74, 6) is -0.0277. The summed E-state index contributed by atoms with van der Waals surface area (Å²) < 4.78 is 15.8. The molecule has 3 rings (SSSR count). The first-order valence-electron chi connectivity index (χ1n) is 10.4. The molecule has 1 aliphatic heterocycles. The summed E-state index contributed by atoms with van der Waals surface area (Å²) in [7, 11) is 2.89. The van der Waals surface area contributed by atoms with Crippen LogP contribution in [-0.4, -0.2) is 66.9 Å². The molecular formula is C23H31N3O5. The maximum absolute atomic E-state index is 12.7. The van der Waals surface area contributed by atoms with Crippen molar-refractivity contribution in [3.8, 4) is 5.88 Å². The number of nitrogens with zero attached hydrogens (tertiary/aromatic N) is 3. The Balaban J connectivity index is 1.96. The van der Waals surface area contributed by atoms with Crippen molar-refractivity contribution in [3.63, 3.8) is 0 Å². The molecule has 8 nitrogen and oxygen atoms in total. The van der Waals surface area contributed by atoms with Gasteiger partial charge in [-0.25, -0.2) is 14.6 Å². The zero-order chi connectivity index (χ0) is 22.9. The van der Waals surface area contributed by atoms with E-state index in [4.69, 9.17) is 14.2 Å². The van der Waals surface area contributed by atoms with E-state index in [1.54, 1.807) is 17.0 Å². The predicted octanol–water partition coefficient (Wildman–Crippen LogP) is 3.86. The van der Waals surface area contributed by atoms with Gasteiger partial charge in [0.25, 0.3) is 0 Å². The van der Waals surface area contributed by atoms with Crippen LogP contribution in [0.4, 0.5) is 10.5 Å². The molecule has 0 radical (unpaired) electrons.